The summed E-state index contributed by atoms with van der Waals surface area (Å²) >= 11 is 0. The van der Waals surface area contributed by atoms with E-state index in [0.29, 0.717) is 17.9 Å². The van der Waals surface area contributed by atoms with Crippen LogP contribution in [0.5, 0.6) is 0 Å². The topological polar surface area (TPSA) is 92.5 Å². The Morgan fingerprint density at radius 2 is 1.56 bits per heavy atom. The summed E-state index contributed by atoms with van der Waals surface area (Å²) in [5, 5.41) is 2.80. The molecule has 2 aliphatic rings. The number of anilines is 2. The summed E-state index contributed by atoms with van der Waals surface area (Å²) in [5.41, 5.74) is 9.18. The number of benzene rings is 2. The van der Waals surface area contributed by atoms with Crippen LogP contribution >= 0.6 is 0 Å². The lowest BCUT2D eigenvalue weighted by Crippen LogP contribution is -2.57. The number of sulfone groups is 1. The summed E-state index contributed by atoms with van der Waals surface area (Å²) in [7, 11) is -3.09. The van der Waals surface area contributed by atoms with E-state index in [2.05, 4.69) is 5.32 Å². The van der Waals surface area contributed by atoms with E-state index in [-0.39, 0.29) is 29.5 Å². The fourth-order valence-electron chi connectivity index (χ4n) is 3.63. The summed E-state index contributed by atoms with van der Waals surface area (Å²) < 4.78 is 23.9. The van der Waals surface area contributed by atoms with Crippen molar-refractivity contribution in [2.45, 2.75) is 6.04 Å². The Labute approximate surface area is 146 Å². The molecule has 2 aromatic carbocycles. The van der Waals surface area contributed by atoms with Crippen LogP contribution in [0.4, 0.5) is 16.2 Å². The fourth-order valence-corrected chi connectivity index (χ4v) is 5.70. The van der Waals surface area contributed by atoms with Crippen molar-refractivity contribution in [2.75, 3.05) is 28.7 Å². The molecule has 0 spiro atoms. The average molecular weight is 357 g/mol. The van der Waals surface area contributed by atoms with Gasteiger partial charge < -0.3 is 11.1 Å². The standard InChI is InChI=1S/C18H19N3O3S/c19-15-5-1-12(2-6-15)13-3-7-16(8-4-13)21-17-11-25(23,24)10-14(17)9-20-18(21)22/h1-8,14,17H,9-11,19H2,(H,20,22)/t14-,17-/m1/s1. The summed E-state index contributed by atoms with van der Waals surface area (Å²) in [6.07, 6.45) is 0. The zero-order valence-electron chi connectivity index (χ0n) is 13.6. The van der Waals surface area contributed by atoms with Crippen LogP contribution < -0.4 is 16.0 Å². The lowest BCUT2D eigenvalue weighted by atomic mass is 9.98. The molecule has 0 aromatic heterocycles. The SMILES string of the molecule is Nc1ccc(-c2ccc(N3C(=O)NC[C@@H]4CS(=O)(=O)C[C@H]43)cc2)cc1. The number of nitrogen functional groups attached to an aromatic ring is 1. The third-order valence-electron chi connectivity index (χ3n) is 4.89. The first kappa shape index (κ1) is 16.0. The Balaban J connectivity index is 1.64. The predicted octanol–water partition coefficient (Wildman–Crippen LogP) is 1.88. The Morgan fingerprint density at radius 1 is 0.960 bits per heavy atom. The first-order valence-electron chi connectivity index (χ1n) is 8.16. The molecular weight excluding hydrogens is 338 g/mol. The van der Waals surface area contributed by atoms with E-state index in [1.165, 1.54) is 0 Å². The highest BCUT2D eigenvalue weighted by atomic mass is 32.2. The Morgan fingerprint density at radius 3 is 2.20 bits per heavy atom. The predicted molar refractivity (Wildman–Crippen MR) is 98.1 cm³/mol. The number of fused-ring (bicyclic) bond motifs is 1. The molecule has 3 N–H and O–H groups in total. The fraction of sp³-hybridized carbons (Fsp3) is 0.278. The lowest BCUT2D eigenvalue weighted by Gasteiger charge is -2.37. The van der Waals surface area contributed by atoms with Crippen molar-refractivity contribution < 1.29 is 13.2 Å². The van der Waals surface area contributed by atoms with Gasteiger partial charge in [-0.25, -0.2) is 13.2 Å². The molecule has 2 saturated heterocycles. The minimum absolute atomic E-state index is 0.0325. The van der Waals surface area contributed by atoms with Crippen molar-refractivity contribution in [1.82, 2.24) is 5.32 Å². The highest BCUT2D eigenvalue weighted by Gasteiger charge is 2.46. The monoisotopic (exact) mass is 357 g/mol. The number of nitrogens with one attached hydrogen (secondary N) is 1. The molecule has 130 valence electrons. The number of carbonyl (C=O) groups excluding carboxylic acids is 1. The molecule has 4 rings (SSSR count). The minimum Gasteiger partial charge on any atom is -0.399 e. The van der Waals surface area contributed by atoms with E-state index in [9.17, 15) is 13.2 Å². The smallest absolute Gasteiger partial charge is 0.322 e. The van der Waals surface area contributed by atoms with Crippen LogP contribution in [0.1, 0.15) is 0 Å². The van der Waals surface area contributed by atoms with Gasteiger partial charge in [0.1, 0.15) is 0 Å². The Bertz CT molecular complexity index is 908. The quantitative estimate of drug-likeness (QED) is 0.803. The van der Waals surface area contributed by atoms with Crippen LogP contribution in [0, 0.1) is 5.92 Å². The number of hydrogen-bond donors (Lipinski definition) is 2. The maximum absolute atomic E-state index is 12.3. The Kier molecular flexibility index (Phi) is 3.68. The molecule has 2 atom stereocenters. The zero-order chi connectivity index (χ0) is 17.6. The first-order chi connectivity index (χ1) is 11.9. The summed E-state index contributed by atoms with van der Waals surface area (Å²) in [6.45, 7) is 0.419. The van der Waals surface area contributed by atoms with E-state index in [0.717, 1.165) is 11.1 Å². The van der Waals surface area contributed by atoms with E-state index in [4.69, 9.17) is 5.73 Å². The minimum atomic E-state index is -3.09. The number of nitrogens with zero attached hydrogens (tertiary/aromatic N) is 1. The second-order valence-electron chi connectivity index (χ2n) is 6.63. The molecule has 0 bridgehead atoms. The second kappa shape index (κ2) is 5.77. The number of urea groups is 1. The maximum Gasteiger partial charge on any atom is 0.322 e. The molecule has 0 radical (unpaired) electrons. The van der Waals surface area contributed by atoms with Crippen molar-refractivity contribution in [3.8, 4) is 11.1 Å². The van der Waals surface area contributed by atoms with Crippen LogP contribution in [0.15, 0.2) is 48.5 Å². The largest absolute Gasteiger partial charge is 0.399 e. The average Bonchev–Trinajstić information content (AvgIpc) is 2.90. The molecule has 2 aliphatic heterocycles. The molecule has 2 aromatic rings. The molecule has 25 heavy (non-hydrogen) atoms. The third kappa shape index (κ3) is 2.95. The highest BCUT2D eigenvalue weighted by Crippen LogP contribution is 2.32. The molecule has 2 amide bonds. The van der Waals surface area contributed by atoms with E-state index in [1.807, 2.05) is 48.5 Å². The number of hydrogen-bond acceptors (Lipinski definition) is 4. The van der Waals surface area contributed by atoms with Gasteiger partial charge in [0.15, 0.2) is 9.84 Å². The normalized spacial score (nSPS) is 24.6. The van der Waals surface area contributed by atoms with Gasteiger partial charge in [0.25, 0.3) is 0 Å². The number of nitrogens with two attached hydrogens (primary N) is 1. The molecule has 0 saturated carbocycles. The summed E-state index contributed by atoms with van der Waals surface area (Å²) in [6, 6.07) is 14.6. The molecule has 6 nitrogen and oxygen atoms in total. The van der Waals surface area contributed by atoms with Crippen LogP contribution in [0.3, 0.4) is 0 Å². The van der Waals surface area contributed by atoms with Crippen LogP contribution in [0.25, 0.3) is 11.1 Å². The van der Waals surface area contributed by atoms with Gasteiger partial charge in [0, 0.05) is 23.8 Å². The highest BCUT2D eigenvalue weighted by molar-refractivity contribution is 7.91. The Hall–Kier alpha value is -2.54. The summed E-state index contributed by atoms with van der Waals surface area (Å²) in [4.78, 5) is 13.9. The van der Waals surface area contributed by atoms with E-state index in [1.54, 1.807) is 4.90 Å². The van der Waals surface area contributed by atoms with E-state index >= 15 is 0 Å². The van der Waals surface area contributed by atoms with Gasteiger partial charge >= 0.3 is 6.03 Å². The van der Waals surface area contributed by atoms with Gasteiger partial charge in [-0.3, -0.25) is 4.90 Å². The third-order valence-corrected chi connectivity index (χ3v) is 6.68. The molecular formula is C18H19N3O3S. The molecule has 2 heterocycles. The van der Waals surface area contributed by atoms with Crippen molar-refractivity contribution in [2.24, 2.45) is 5.92 Å². The molecule has 0 unspecified atom stereocenters. The summed E-state index contributed by atoms with van der Waals surface area (Å²) in [5.74, 6) is 0.113. The van der Waals surface area contributed by atoms with Crippen molar-refractivity contribution in [3.05, 3.63) is 48.5 Å². The zero-order valence-corrected chi connectivity index (χ0v) is 14.4. The maximum atomic E-state index is 12.3. The van der Waals surface area contributed by atoms with Gasteiger partial charge in [-0.2, -0.15) is 0 Å². The number of amides is 2. The first-order valence-corrected chi connectivity index (χ1v) is 9.98. The van der Waals surface area contributed by atoms with Crippen molar-refractivity contribution in [1.29, 1.82) is 0 Å². The number of rotatable bonds is 2. The van der Waals surface area contributed by atoms with Gasteiger partial charge in [0.2, 0.25) is 0 Å². The van der Waals surface area contributed by atoms with Crippen molar-refractivity contribution in [3.63, 3.8) is 0 Å². The van der Waals surface area contributed by atoms with Gasteiger partial charge in [-0.05, 0) is 35.4 Å². The van der Waals surface area contributed by atoms with E-state index < -0.39 is 9.84 Å². The van der Waals surface area contributed by atoms with Crippen molar-refractivity contribution >= 4 is 27.2 Å². The molecule has 7 heteroatoms. The second-order valence-corrected chi connectivity index (χ2v) is 8.78. The van der Waals surface area contributed by atoms with Gasteiger partial charge in [-0.1, -0.05) is 24.3 Å². The van der Waals surface area contributed by atoms with Gasteiger partial charge in [-0.15, -0.1) is 0 Å². The van der Waals surface area contributed by atoms with Crippen LogP contribution in [0.2, 0.25) is 0 Å². The molecule has 0 aliphatic carbocycles. The van der Waals surface area contributed by atoms with Crippen LogP contribution in [-0.4, -0.2) is 38.5 Å². The van der Waals surface area contributed by atoms with Gasteiger partial charge in [0.05, 0.1) is 17.5 Å². The lowest BCUT2D eigenvalue weighted by molar-refractivity contribution is 0.233. The molecule has 2 fully saturated rings. The number of carbonyl (C=O) groups is 1. The van der Waals surface area contributed by atoms with Crippen LogP contribution in [-0.2, 0) is 9.84 Å².